The van der Waals surface area contributed by atoms with Gasteiger partial charge in [-0.15, -0.1) is 0 Å². The number of benzene rings is 1. The molecule has 1 heterocycles. The summed E-state index contributed by atoms with van der Waals surface area (Å²) in [5, 5.41) is 0. The van der Waals surface area contributed by atoms with E-state index in [0.717, 1.165) is 22.2 Å². The van der Waals surface area contributed by atoms with Crippen LogP contribution < -0.4 is 11.3 Å². The first-order valence-corrected chi connectivity index (χ1v) is 6.94. The number of nitrogens with one attached hydrogen (secondary N) is 1. The molecular formula is C14H13BrF3N3. The third kappa shape index (κ3) is 4.03. The van der Waals surface area contributed by atoms with Crippen LogP contribution in [0.15, 0.2) is 47.1 Å². The van der Waals surface area contributed by atoms with Crippen molar-refractivity contribution < 1.29 is 13.2 Å². The van der Waals surface area contributed by atoms with Gasteiger partial charge in [-0.05, 0) is 52.2 Å². The first kappa shape index (κ1) is 15.9. The average Bonchev–Trinajstić information content (AvgIpc) is 2.45. The number of nitrogens with zero attached hydrogens (tertiary/aromatic N) is 1. The maximum absolute atomic E-state index is 12.5. The van der Waals surface area contributed by atoms with Crippen LogP contribution in [0.1, 0.15) is 22.9 Å². The molecule has 1 unspecified atom stereocenters. The van der Waals surface area contributed by atoms with Crippen molar-refractivity contribution in [2.45, 2.75) is 18.6 Å². The maximum atomic E-state index is 12.5. The van der Waals surface area contributed by atoms with E-state index in [4.69, 9.17) is 5.84 Å². The number of aromatic nitrogens is 1. The molecule has 1 atom stereocenters. The van der Waals surface area contributed by atoms with Crippen LogP contribution in [0, 0.1) is 0 Å². The zero-order valence-electron chi connectivity index (χ0n) is 10.9. The van der Waals surface area contributed by atoms with Gasteiger partial charge < -0.3 is 0 Å². The largest absolute Gasteiger partial charge is 0.416 e. The van der Waals surface area contributed by atoms with E-state index in [1.807, 2.05) is 6.07 Å². The number of alkyl halides is 3. The maximum Gasteiger partial charge on any atom is 0.416 e. The number of nitrogens with two attached hydrogens (primary N) is 1. The quantitative estimate of drug-likeness (QED) is 0.647. The van der Waals surface area contributed by atoms with E-state index in [2.05, 4.69) is 26.3 Å². The Kier molecular flexibility index (Phi) is 4.97. The van der Waals surface area contributed by atoms with Crippen LogP contribution in [0.4, 0.5) is 13.2 Å². The highest BCUT2D eigenvalue weighted by Gasteiger charge is 2.30. The number of halogens is 4. The van der Waals surface area contributed by atoms with E-state index in [1.165, 1.54) is 12.1 Å². The van der Waals surface area contributed by atoms with E-state index < -0.39 is 11.7 Å². The van der Waals surface area contributed by atoms with Crippen molar-refractivity contribution in [1.82, 2.24) is 10.4 Å². The summed E-state index contributed by atoms with van der Waals surface area (Å²) < 4.78 is 38.3. The Labute approximate surface area is 128 Å². The number of hydrogen-bond donors (Lipinski definition) is 2. The molecule has 0 aliphatic rings. The van der Waals surface area contributed by atoms with Crippen molar-refractivity contribution in [2.75, 3.05) is 0 Å². The third-order valence-corrected chi connectivity index (χ3v) is 3.71. The van der Waals surface area contributed by atoms with E-state index >= 15 is 0 Å². The lowest BCUT2D eigenvalue weighted by molar-refractivity contribution is -0.137. The zero-order chi connectivity index (χ0) is 15.5. The van der Waals surface area contributed by atoms with Gasteiger partial charge in [0, 0.05) is 10.7 Å². The fourth-order valence-corrected chi connectivity index (χ4v) is 2.49. The molecule has 0 fully saturated rings. The van der Waals surface area contributed by atoms with E-state index in [9.17, 15) is 13.2 Å². The van der Waals surface area contributed by atoms with Crippen LogP contribution in [0.2, 0.25) is 0 Å². The van der Waals surface area contributed by atoms with Gasteiger partial charge in [-0.2, -0.15) is 13.2 Å². The SMILES string of the molecule is NNC(Cc1ccc(C(F)(F)F)cc1)c1ncccc1Br. The topological polar surface area (TPSA) is 50.9 Å². The van der Waals surface area contributed by atoms with Crippen molar-refractivity contribution in [2.24, 2.45) is 5.84 Å². The molecule has 2 aromatic rings. The van der Waals surface area contributed by atoms with Crippen LogP contribution in [-0.2, 0) is 12.6 Å². The molecule has 0 aliphatic carbocycles. The molecule has 3 N–H and O–H groups in total. The molecular weight excluding hydrogens is 347 g/mol. The Morgan fingerprint density at radius 3 is 2.38 bits per heavy atom. The molecule has 112 valence electrons. The number of hydrogen-bond acceptors (Lipinski definition) is 3. The lowest BCUT2D eigenvalue weighted by atomic mass is 10.0. The highest BCUT2D eigenvalue weighted by molar-refractivity contribution is 9.10. The smallest absolute Gasteiger partial charge is 0.271 e. The Morgan fingerprint density at radius 1 is 1.19 bits per heavy atom. The molecule has 1 aromatic carbocycles. The second kappa shape index (κ2) is 6.55. The summed E-state index contributed by atoms with van der Waals surface area (Å²) in [6.45, 7) is 0. The Morgan fingerprint density at radius 2 is 1.86 bits per heavy atom. The fraction of sp³-hybridized carbons (Fsp3) is 0.214. The van der Waals surface area contributed by atoms with Gasteiger partial charge in [0.05, 0.1) is 17.3 Å². The third-order valence-electron chi connectivity index (χ3n) is 3.04. The van der Waals surface area contributed by atoms with Crippen molar-refractivity contribution in [3.05, 3.63) is 63.9 Å². The minimum Gasteiger partial charge on any atom is -0.271 e. The highest BCUT2D eigenvalue weighted by Crippen LogP contribution is 2.30. The Bertz CT molecular complexity index is 599. The Hall–Kier alpha value is -1.44. The van der Waals surface area contributed by atoms with Crippen LogP contribution in [0.5, 0.6) is 0 Å². The molecule has 0 radical (unpaired) electrons. The zero-order valence-corrected chi connectivity index (χ0v) is 12.4. The van der Waals surface area contributed by atoms with Gasteiger partial charge in [-0.25, -0.2) is 0 Å². The highest BCUT2D eigenvalue weighted by atomic mass is 79.9. The van der Waals surface area contributed by atoms with Crippen molar-refractivity contribution in [3.63, 3.8) is 0 Å². The molecule has 0 saturated heterocycles. The normalized spacial score (nSPS) is 13.2. The summed E-state index contributed by atoms with van der Waals surface area (Å²) in [5.41, 5.74) is 3.42. The minimum absolute atomic E-state index is 0.294. The molecule has 0 amide bonds. The standard InChI is InChI=1S/C14H13BrF3N3/c15-11-2-1-7-20-13(11)12(21-19)8-9-3-5-10(6-4-9)14(16,17)18/h1-7,12,21H,8,19H2. The summed E-state index contributed by atoms with van der Waals surface area (Å²) in [4.78, 5) is 4.23. The van der Waals surface area contributed by atoms with Crippen LogP contribution in [0.3, 0.4) is 0 Å². The van der Waals surface area contributed by atoms with Crippen molar-refractivity contribution in [3.8, 4) is 0 Å². The Balaban J connectivity index is 2.18. The summed E-state index contributed by atoms with van der Waals surface area (Å²) >= 11 is 3.38. The molecule has 0 spiro atoms. The lowest BCUT2D eigenvalue weighted by Crippen LogP contribution is -2.30. The molecule has 7 heteroatoms. The monoisotopic (exact) mass is 359 g/mol. The fourth-order valence-electron chi connectivity index (χ4n) is 1.95. The molecule has 0 bridgehead atoms. The molecule has 1 aromatic heterocycles. The second-order valence-corrected chi connectivity index (χ2v) is 5.34. The summed E-state index contributed by atoms with van der Waals surface area (Å²) in [5.74, 6) is 5.53. The average molecular weight is 360 g/mol. The summed E-state index contributed by atoms with van der Waals surface area (Å²) in [7, 11) is 0. The predicted octanol–water partition coefficient (Wildman–Crippen LogP) is 3.61. The minimum atomic E-state index is -4.33. The lowest BCUT2D eigenvalue weighted by Gasteiger charge is -2.17. The van der Waals surface area contributed by atoms with E-state index in [-0.39, 0.29) is 6.04 Å². The summed E-state index contributed by atoms with van der Waals surface area (Å²) in [6.07, 6.45) is -2.25. The number of rotatable bonds is 4. The van der Waals surface area contributed by atoms with Gasteiger partial charge in [0.15, 0.2) is 0 Å². The van der Waals surface area contributed by atoms with Gasteiger partial charge in [0.25, 0.3) is 0 Å². The van der Waals surface area contributed by atoms with Crippen molar-refractivity contribution >= 4 is 15.9 Å². The molecule has 0 aliphatic heterocycles. The van der Waals surface area contributed by atoms with E-state index in [1.54, 1.807) is 12.3 Å². The predicted molar refractivity (Wildman–Crippen MR) is 77.1 cm³/mol. The molecule has 21 heavy (non-hydrogen) atoms. The van der Waals surface area contributed by atoms with Gasteiger partial charge in [-0.3, -0.25) is 16.3 Å². The molecule has 0 saturated carbocycles. The van der Waals surface area contributed by atoms with Gasteiger partial charge >= 0.3 is 6.18 Å². The first-order valence-electron chi connectivity index (χ1n) is 6.14. The van der Waals surface area contributed by atoms with Crippen LogP contribution in [-0.4, -0.2) is 4.98 Å². The van der Waals surface area contributed by atoms with E-state index in [0.29, 0.717) is 12.1 Å². The summed E-state index contributed by atoms with van der Waals surface area (Å²) in [6, 6.07) is 8.34. The molecule has 3 nitrogen and oxygen atoms in total. The first-order chi connectivity index (χ1) is 9.91. The number of pyridine rings is 1. The van der Waals surface area contributed by atoms with Gasteiger partial charge in [-0.1, -0.05) is 12.1 Å². The van der Waals surface area contributed by atoms with Crippen molar-refractivity contribution in [1.29, 1.82) is 0 Å². The van der Waals surface area contributed by atoms with Crippen LogP contribution >= 0.6 is 15.9 Å². The van der Waals surface area contributed by atoms with Gasteiger partial charge in [0.2, 0.25) is 0 Å². The van der Waals surface area contributed by atoms with Gasteiger partial charge in [0.1, 0.15) is 0 Å². The molecule has 2 rings (SSSR count). The van der Waals surface area contributed by atoms with Crippen LogP contribution in [0.25, 0.3) is 0 Å². The number of hydrazine groups is 1. The second-order valence-electron chi connectivity index (χ2n) is 4.49.